The first kappa shape index (κ1) is 30.3. The fraction of sp³-hybridized carbons (Fsp3) is 0. The van der Waals surface area contributed by atoms with Gasteiger partial charge >= 0.3 is 17.6 Å². The summed E-state index contributed by atoms with van der Waals surface area (Å²) in [5, 5.41) is 0. The first-order valence-electron chi connectivity index (χ1n) is 14.8. The van der Waals surface area contributed by atoms with Gasteiger partial charge in [-0.3, -0.25) is 0 Å². The maximum atomic E-state index is 6.72. The summed E-state index contributed by atoms with van der Waals surface area (Å²) in [4.78, 5) is 0. The van der Waals surface area contributed by atoms with Crippen molar-refractivity contribution >= 4 is 17.6 Å². The summed E-state index contributed by atoms with van der Waals surface area (Å²) < 4.78 is 40.3. The fourth-order valence-corrected chi connectivity index (χ4v) is 9.53. The van der Waals surface area contributed by atoms with Crippen LogP contribution < -0.4 is 26.6 Å². The number of hydrogen-bond acceptors (Lipinski definition) is 6. The minimum absolute atomic E-state index is 0.579. The van der Waals surface area contributed by atoms with Crippen molar-refractivity contribution in [2.75, 3.05) is 0 Å². The Bertz CT molecular complexity index is 1440. The molecule has 0 N–H and O–H groups in total. The molecule has 0 saturated heterocycles. The summed E-state index contributed by atoms with van der Waals surface area (Å²) in [6, 6.07) is 56.7. The third-order valence-corrected chi connectivity index (χ3v) is 11.1. The van der Waals surface area contributed by atoms with Gasteiger partial charge in [-0.25, -0.2) is 0 Å². The van der Waals surface area contributed by atoms with Gasteiger partial charge < -0.3 is 26.6 Å². The van der Waals surface area contributed by atoms with E-state index in [2.05, 4.69) is 0 Å². The third kappa shape index (κ3) is 8.47. The van der Waals surface area contributed by atoms with E-state index < -0.39 is 17.6 Å². The van der Waals surface area contributed by atoms with Gasteiger partial charge in [0.05, 0.1) is 0 Å². The Kier molecular flexibility index (Phi) is 9.79. The van der Waals surface area contributed by atoms with Crippen molar-refractivity contribution in [3.8, 4) is 34.5 Å². The van der Waals surface area contributed by atoms with Crippen LogP contribution in [0.3, 0.4) is 0 Å². The molecule has 0 bridgehead atoms. The number of para-hydroxylation sites is 6. The topological polar surface area (TPSA) is 55.4 Å². The largest absolute Gasteiger partial charge is 0.729 e. The molecule has 228 valence electrons. The molecule has 6 nitrogen and oxygen atoms in total. The molecule has 0 spiro atoms. The zero-order valence-electron chi connectivity index (χ0n) is 24.9. The van der Waals surface area contributed by atoms with Crippen molar-refractivity contribution in [3.63, 3.8) is 0 Å². The Hall–Kier alpha value is -5.71. The molecule has 6 aromatic rings. The van der Waals surface area contributed by atoms with Gasteiger partial charge in [0.1, 0.15) is 34.5 Å². The first-order chi connectivity index (χ1) is 22.7. The second-order valence-electron chi connectivity index (χ2n) is 10.0. The lowest BCUT2D eigenvalue weighted by atomic mass is 10.3. The second-order valence-corrected chi connectivity index (χ2v) is 14.3. The second kappa shape index (κ2) is 14.8. The Morgan fingerprint density at radius 1 is 0.239 bits per heavy atom. The molecule has 0 radical (unpaired) electrons. The number of hydrogen-bond donors (Lipinski definition) is 0. The van der Waals surface area contributed by atoms with E-state index in [-0.39, 0.29) is 0 Å². The fourth-order valence-electron chi connectivity index (χ4n) is 4.45. The first-order valence-corrected chi connectivity index (χ1v) is 18.4. The molecule has 0 heterocycles. The molecular formula is C38H32O6Si2. The van der Waals surface area contributed by atoms with Crippen molar-refractivity contribution in [2.45, 2.75) is 0 Å². The van der Waals surface area contributed by atoms with E-state index in [1.807, 2.05) is 182 Å². The number of benzene rings is 6. The summed E-state index contributed by atoms with van der Waals surface area (Å²) in [5.74, 6) is 3.47. The van der Waals surface area contributed by atoms with Crippen molar-refractivity contribution in [2.24, 2.45) is 0 Å². The van der Waals surface area contributed by atoms with Crippen LogP contribution in [0, 0.1) is 0 Å². The molecule has 0 amide bonds. The summed E-state index contributed by atoms with van der Waals surface area (Å²) in [5.41, 5.74) is 3.59. The minimum atomic E-state index is -3.87. The molecule has 8 heteroatoms. The van der Waals surface area contributed by atoms with E-state index in [4.69, 9.17) is 26.6 Å². The molecule has 0 aromatic heterocycles. The van der Waals surface area contributed by atoms with Crippen molar-refractivity contribution < 1.29 is 26.6 Å². The third-order valence-electron chi connectivity index (χ3n) is 6.51. The van der Waals surface area contributed by atoms with Gasteiger partial charge in [-0.15, -0.1) is 0 Å². The van der Waals surface area contributed by atoms with E-state index in [1.165, 1.54) is 0 Å². The molecule has 6 rings (SSSR count). The van der Waals surface area contributed by atoms with Crippen LogP contribution >= 0.6 is 0 Å². The summed E-state index contributed by atoms with van der Waals surface area (Å²) in [6.45, 7) is 0. The standard InChI is InChI=1S/C38H32O6Si2/c1-7-19-33(20-8-1)39-45(40-34-21-9-2-10-22-34,41-35-23-11-3-12-24-35)31-32-46(42-36-25-13-4-14-26-36,43-37-27-15-5-16-28-37)44-38-29-17-6-18-30-38/h1-32H. The maximum Gasteiger partial charge on any atom is 0.729 e. The summed E-state index contributed by atoms with van der Waals surface area (Å²) in [6.07, 6.45) is 0. The van der Waals surface area contributed by atoms with Gasteiger partial charge in [0.15, 0.2) is 0 Å². The van der Waals surface area contributed by atoms with Crippen molar-refractivity contribution in [3.05, 3.63) is 193 Å². The predicted molar refractivity (Wildman–Crippen MR) is 183 cm³/mol. The van der Waals surface area contributed by atoms with Gasteiger partial charge in [0.2, 0.25) is 0 Å². The highest BCUT2D eigenvalue weighted by Crippen LogP contribution is 2.29. The smallest absolute Gasteiger partial charge is 0.480 e. The molecule has 0 unspecified atom stereocenters. The van der Waals surface area contributed by atoms with Crippen LogP contribution in [0.5, 0.6) is 34.5 Å². The molecule has 0 aliphatic carbocycles. The van der Waals surface area contributed by atoms with Crippen LogP contribution in [0.25, 0.3) is 0 Å². The molecule has 0 saturated carbocycles. The highest BCUT2D eigenvalue weighted by atomic mass is 28.4. The Labute approximate surface area is 271 Å². The molecular weight excluding hydrogens is 609 g/mol. The van der Waals surface area contributed by atoms with Gasteiger partial charge in [-0.2, -0.15) is 0 Å². The van der Waals surface area contributed by atoms with Gasteiger partial charge in [-0.05, 0) is 72.8 Å². The molecule has 0 aliphatic rings. The monoisotopic (exact) mass is 640 g/mol. The summed E-state index contributed by atoms with van der Waals surface area (Å²) >= 11 is 0. The van der Waals surface area contributed by atoms with Crippen LogP contribution in [-0.2, 0) is 0 Å². The van der Waals surface area contributed by atoms with E-state index in [9.17, 15) is 0 Å². The Morgan fingerprint density at radius 2 is 0.391 bits per heavy atom. The molecule has 46 heavy (non-hydrogen) atoms. The maximum absolute atomic E-state index is 6.72. The summed E-state index contributed by atoms with van der Waals surface area (Å²) in [7, 11) is -7.73. The van der Waals surface area contributed by atoms with Gasteiger partial charge in [0, 0.05) is 11.4 Å². The lowest BCUT2D eigenvalue weighted by molar-refractivity contribution is 0.272. The zero-order valence-corrected chi connectivity index (χ0v) is 26.9. The van der Waals surface area contributed by atoms with E-state index in [1.54, 1.807) is 11.4 Å². The highest BCUT2D eigenvalue weighted by Gasteiger charge is 2.53. The normalized spacial score (nSPS) is 11.4. The predicted octanol–water partition coefficient (Wildman–Crippen LogP) is 8.97. The average Bonchev–Trinajstić information content (AvgIpc) is 3.10. The Morgan fingerprint density at radius 3 is 0.543 bits per heavy atom. The highest BCUT2D eigenvalue weighted by molar-refractivity contribution is 6.74. The van der Waals surface area contributed by atoms with E-state index in [0.717, 1.165) is 0 Å². The van der Waals surface area contributed by atoms with Crippen molar-refractivity contribution in [1.82, 2.24) is 0 Å². The molecule has 6 aromatic carbocycles. The lowest BCUT2D eigenvalue weighted by Gasteiger charge is -2.30. The average molecular weight is 641 g/mol. The van der Waals surface area contributed by atoms with Crippen LogP contribution in [0.4, 0.5) is 0 Å². The van der Waals surface area contributed by atoms with E-state index >= 15 is 0 Å². The quantitative estimate of drug-likeness (QED) is 0.111. The van der Waals surface area contributed by atoms with Crippen molar-refractivity contribution in [1.29, 1.82) is 0 Å². The molecule has 0 aliphatic heterocycles. The lowest BCUT2D eigenvalue weighted by Crippen LogP contribution is -2.57. The van der Waals surface area contributed by atoms with Gasteiger partial charge in [0.25, 0.3) is 0 Å². The minimum Gasteiger partial charge on any atom is -0.480 e. The van der Waals surface area contributed by atoms with Crippen LogP contribution in [0.2, 0.25) is 0 Å². The number of rotatable bonds is 14. The zero-order chi connectivity index (χ0) is 31.3. The Balaban J connectivity index is 1.51. The molecule has 0 fully saturated rings. The van der Waals surface area contributed by atoms with Gasteiger partial charge in [-0.1, -0.05) is 109 Å². The van der Waals surface area contributed by atoms with Crippen LogP contribution in [-0.4, -0.2) is 17.6 Å². The van der Waals surface area contributed by atoms with Crippen LogP contribution in [0.15, 0.2) is 193 Å². The van der Waals surface area contributed by atoms with Crippen LogP contribution in [0.1, 0.15) is 0 Å². The molecule has 0 atom stereocenters. The van der Waals surface area contributed by atoms with E-state index in [0.29, 0.717) is 34.5 Å². The SMILES string of the molecule is C(=C[Si](Oc1ccccc1)(Oc1ccccc1)Oc1ccccc1)[Si](Oc1ccccc1)(Oc1ccccc1)Oc1ccccc1.